The van der Waals surface area contributed by atoms with Gasteiger partial charge < -0.3 is 15.6 Å². The molecule has 8 heteroatoms. The molecule has 3 heterocycles. The Bertz CT molecular complexity index is 926. The summed E-state index contributed by atoms with van der Waals surface area (Å²) in [6.07, 6.45) is 3.35. The second-order valence-electron chi connectivity index (χ2n) is 5.99. The standard InChI is InChI=1S/C17H17N5O3/c18-15-13-16(20-9-19-15)22(10-21-13)17(7-6-12(8-23)25-17)14(24)11-4-2-1-3-5-11/h1-5,9-10,12,23H,6-8H2,(H2,18,19,20)/t12-,17-/m0/s1. The third kappa shape index (κ3) is 2.38. The van der Waals surface area contributed by atoms with E-state index >= 15 is 0 Å². The number of nitrogens with zero attached hydrogens (tertiary/aromatic N) is 4. The minimum Gasteiger partial charge on any atom is -0.394 e. The van der Waals surface area contributed by atoms with Crippen LogP contribution < -0.4 is 5.73 Å². The molecule has 2 atom stereocenters. The second kappa shape index (κ2) is 5.91. The van der Waals surface area contributed by atoms with Crippen LogP contribution >= 0.6 is 0 Å². The molecule has 2 aromatic heterocycles. The molecule has 0 bridgehead atoms. The molecule has 3 N–H and O–H groups in total. The number of nitrogens with two attached hydrogens (primary N) is 1. The third-order valence-electron chi connectivity index (χ3n) is 4.51. The van der Waals surface area contributed by atoms with Crippen molar-refractivity contribution in [1.29, 1.82) is 0 Å². The number of aliphatic hydroxyl groups is 1. The number of carbonyl (C=O) groups is 1. The Morgan fingerprint density at radius 2 is 2.12 bits per heavy atom. The van der Waals surface area contributed by atoms with Crippen molar-refractivity contribution in [1.82, 2.24) is 19.5 Å². The van der Waals surface area contributed by atoms with Gasteiger partial charge in [-0.15, -0.1) is 0 Å². The molecule has 1 aliphatic rings. The van der Waals surface area contributed by atoms with Gasteiger partial charge in [-0.2, -0.15) is 0 Å². The number of carbonyl (C=O) groups excluding carboxylic acids is 1. The predicted molar refractivity (Wildman–Crippen MR) is 89.7 cm³/mol. The summed E-state index contributed by atoms with van der Waals surface area (Å²) in [6, 6.07) is 8.91. The maximum Gasteiger partial charge on any atom is 0.215 e. The van der Waals surface area contributed by atoms with Crippen molar-refractivity contribution in [3.8, 4) is 0 Å². The highest BCUT2D eigenvalue weighted by Crippen LogP contribution is 2.39. The average molecular weight is 339 g/mol. The molecular formula is C17H17N5O3. The number of hydrogen-bond acceptors (Lipinski definition) is 7. The monoisotopic (exact) mass is 339 g/mol. The highest BCUT2D eigenvalue weighted by molar-refractivity contribution is 6.02. The van der Waals surface area contributed by atoms with Crippen molar-refractivity contribution in [2.24, 2.45) is 0 Å². The van der Waals surface area contributed by atoms with Gasteiger partial charge in [-0.1, -0.05) is 30.3 Å². The minimum absolute atomic E-state index is 0.159. The van der Waals surface area contributed by atoms with Gasteiger partial charge >= 0.3 is 0 Å². The van der Waals surface area contributed by atoms with Gasteiger partial charge in [0.1, 0.15) is 11.8 Å². The van der Waals surface area contributed by atoms with Crippen LogP contribution in [0.4, 0.5) is 5.82 Å². The number of anilines is 1. The minimum atomic E-state index is -1.32. The number of aliphatic hydroxyl groups excluding tert-OH is 1. The lowest BCUT2D eigenvalue weighted by molar-refractivity contribution is -0.0812. The summed E-state index contributed by atoms with van der Waals surface area (Å²) >= 11 is 0. The highest BCUT2D eigenvalue weighted by atomic mass is 16.5. The molecular weight excluding hydrogens is 322 g/mol. The smallest absolute Gasteiger partial charge is 0.215 e. The number of nitrogen functional groups attached to an aromatic ring is 1. The Hall–Kier alpha value is -2.84. The Kier molecular flexibility index (Phi) is 3.70. The highest BCUT2D eigenvalue weighted by Gasteiger charge is 2.49. The third-order valence-corrected chi connectivity index (χ3v) is 4.51. The molecule has 1 saturated heterocycles. The van der Waals surface area contributed by atoms with Crippen molar-refractivity contribution in [2.45, 2.75) is 24.7 Å². The zero-order chi connectivity index (χ0) is 17.4. The first kappa shape index (κ1) is 15.7. The lowest BCUT2D eigenvalue weighted by Crippen LogP contribution is -2.42. The summed E-state index contributed by atoms with van der Waals surface area (Å²) in [5.74, 6) is 0.0308. The quantitative estimate of drug-likeness (QED) is 0.684. The molecule has 1 fully saturated rings. The summed E-state index contributed by atoms with van der Waals surface area (Å²) in [5, 5.41) is 9.50. The number of aromatic nitrogens is 4. The summed E-state index contributed by atoms with van der Waals surface area (Å²) in [4.78, 5) is 25.7. The number of benzene rings is 1. The van der Waals surface area contributed by atoms with Crippen LogP contribution in [0.5, 0.6) is 0 Å². The van der Waals surface area contributed by atoms with Crippen molar-refractivity contribution >= 4 is 22.8 Å². The number of ketones is 1. The van der Waals surface area contributed by atoms with Crippen LogP contribution in [0.1, 0.15) is 23.2 Å². The first-order valence-corrected chi connectivity index (χ1v) is 7.98. The summed E-state index contributed by atoms with van der Waals surface area (Å²) in [6.45, 7) is -0.159. The maximum absolute atomic E-state index is 13.3. The van der Waals surface area contributed by atoms with E-state index in [4.69, 9.17) is 10.5 Å². The SMILES string of the molecule is Nc1ncnc2c1ncn2[C@@]1(C(=O)c2ccccc2)CC[C@@H](CO)O1. The lowest BCUT2D eigenvalue weighted by Gasteiger charge is -2.29. The van der Waals surface area contributed by atoms with Crippen molar-refractivity contribution in [3.63, 3.8) is 0 Å². The van der Waals surface area contributed by atoms with Crippen LogP contribution in [-0.4, -0.2) is 43.1 Å². The Balaban J connectivity index is 1.89. The second-order valence-corrected chi connectivity index (χ2v) is 5.99. The summed E-state index contributed by atoms with van der Waals surface area (Å²) in [7, 11) is 0. The van der Waals surface area contributed by atoms with E-state index in [1.807, 2.05) is 6.07 Å². The maximum atomic E-state index is 13.3. The number of hydrogen-bond donors (Lipinski definition) is 2. The number of imidazole rings is 1. The fourth-order valence-electron chi connectivity index (χ4n) is 3.26. The van der Waals surface area contributed by atoms with Gasteiger partial charge in [0.15, 0.2) is 11.5 Å². The molecule has 4 rings (SSSR count). The zero-order valence-corrected chi connectivity index (χ0v) is 13.4. The Morgan fingerprint density at radius 1 is 1.32 bits per heavy atom. The largest absolute Gasteiger partial charge is 0.394 e. The number of fused-ring (bicyclic) bond motifs is 1. The van der Waals surface area contributed by atoms with E-state index in [2.05, 4.69) is 15.0 Å². The molecule has 0 radical (unpaired) electrons. The molecule has 25 heavy (non-hydrogen) atoms. The predicted octanol–water partition coefficient (Wildman–Crippen LogP) is 1.12. The van der Waals surface area contributed by atoms with Crippen molar-refractivity contribution in [3.05, 3.63) is 48.5 Å². The van der Waals surface area contributed by atoms with Gasteiger partial charge in [0, 0.05) is 12.0 Å². The van der Waals surface area contributed by atoms with E-state index in [1.165, 1.54) is 12.7 Å². The molecule has 3 aromatic rings. The Labute approximate surface area is 143 Å². The van der Waals surface area contributed by atoms with Crippen molar-refractivity contribution in [2.75, 3.05) is 12.3 Å². The normalized spacial score (nSPS) is 23.2. The molecule has 8 nitrogen and oxygen atoms in total. The van der Waals surface area contributed by atoms with Gasteiger partial charge in [-0.25, -0.2) is 15.0 Å². The van der Waals surface area contributed by atoms with Crippen LogP contribution in [-0.2, 0) is 10.5 Å². The molecule has 0 amide bonds. The Morgan fingerprint density at radius 3 is 2.84 bits per heavy atom. The van der Waals surface area contributed by atoms with Crippen LogP contribution in [0.25, 0.3) is 11.2 Å². The lowest BCUT2D eigenvalue weighted by atomic mass is 9.97. The average Bonchev–Trinajstić information content (AvgIpc) is 3.27. The van der Waals surface area contributed by atoms with Crippen LogP contribution in [0.2, 0.25) is 0 Å². The molecule has 1 aromatic carbocycles. The van der Waals surface area contributed by atoms with E-state index in [1.54, 1.807) is 28.8 Å². The molecule has 0 saturated carbocycles. The van der Waals surface area contributed by atoms with Crippen LogP contribution in [0.15, 0.2) is 43.0 Å². The topological polar surface area (TPSA) is 116 Å². The van der Waals surface area contributed by atoms with E-state index in [0.717, 1.165) is 0 Å². The van der Waals surface area contributed by atoms with E-state index in [9.17, 15) is 9.90 Å². The van der Waals surface area contributed by atoms with Gasteiger partial charge in [-0.05, 0) is 6.42 Å². The van der Waals surface area contributed by atoms with Gasteiger partial charge in [0.05, 0.1) is 19.0 Å². The van der Waals surface area contributed by atoms with Gasteiger partial charge in [0.2, 0.25) is 11.5 Å². The zero-order valence-electron chi connectivity index (χ0n) is 13.4. The van der Waals surface area contributed by atoms with Gasteiger partial charge in [0.25, 0.3) is 0 Å². The summed E-state index contributed by atoms with van der Waals surface area (Å²) < 4.78 is 7.63. The van der Waals surface area contributed by atoms with E-state index < -0.39 is 11.8 Å². The fourth-order valence-corrected chi connectivity index (χ4v) is 3.26. The van der Waals surface area contributed by atoms with Gasteiger partial charge in [-0.3, -0.25) is 9.36 Å². The number of rotatable bonds is 4. The van der Waals surface area contributed by atoms with Crippen molar-refractivity contribution < 1.29 is 14.6 Å². The number of Topliss-reactive ketones (excluding diaryl/α,β-unsaturated/α-hetero) is 1. The molecule has 1 aliphatic heterocycles. The van der Waals surface area contributed by atoms with Crippen LogP contribution in [0, 0.1) is 0 Å². The van der Waals surface area contributed by atoms with E-state index in [-0.39, 0.29) is 18.2 Å². The molecule has 0 unspecified atom stereocenters. The first-order chi connectivity index (χ1) is 12.2. The molecule has 0 aliphatic carbocycles. The molecule has 128 valence electrons. The van der Waals surface area contributed by atoms with E-state index in [0.29, 0.717) is 29.6 Å². The molecule has 0 spiro atoms. The van der Waals surface area contributed by atoms with Crippen LogP contribution in [0.3, 0.4) is 0 Å². The fraction of sp³-hybridized carbons (Fsp3) is 0.294. The number of ether oxygens (including phenoxy) is 1. The summed E-state index contributed by atoms with van der Waals surface area (Å²) in [5.41, 5.74) is 5.90. The first-order valence-electron chi connectivity index (χ1n) is 7.98.